The first kappa shape index (κ1) is 20.3. The van der Waals surface area contributed by atoms with E-state index in [-0.39, 0.29) is 24.3 Å². The molecule has 0 N–H and O–H groups in total. The first-order valence-electron chi connectivity index (χ1n) is 8.93. The first-order valence-corrected chi connectivity index (χ1v) is 8.93. The summed E-state index contributed by atoms with van der Waals surface area (Å²) in [6.45, 7) is 0.0890. The van der Waals surface area contributed by atoms with Gasteiger partial charge in [-0.3, -0.25) is 4.79 Å². The van der Waals surface area contributed by atoms with Crippen LogP contribution in [0.5, 0.6) is 5.75 Å². The van der Waals surface area contributed by atoms with E-state index in [0.717, 1.165) is 0 Å². The average molecular weight is 401 g/mol. The summed E-state index contributed by atoms with van der Waals surface area (Å²) in [6, 6.07) is 11.0. The maximum Gasteiger partial charge on any atom is 0.337 e. The normalized spacial score (nSPS) is 18.2. The molecular formula is C21H20FNO6. The van der Waals surface area contributed by atoms with E-state index < -0.39 is 35.8 Å². The van der Waals surface area contributed by atoms with E-state index >= 15 is 0 Å². The van der Waals surface area contributed by atoms with Crippen molar-refractivity contribution in [1.29, 1.82) is 0 Å². The summed E-state index contributed by atoms with van der Waals surface area (Å²) >= 11 is 0. The molecule has 0 bridgehead atoms. The Labute approximate surface area is 167 Å². The van der Waals surface area contributed by atoms with Gasteiger partial charge in [0.2, 0.25) is 0 Å². The van der Waals surface area contributed by atoms with Crippen LogP contribution in [-0.2, 0) is 14.3 Å². The number of halogens is 1. The van der Waals surface area contributed by atoms with Crippen molar-refractivity contribution in [3.8, 4) is 5.75 Å². The number of methoxy groups -OCH3 is 2. The van der Waals surface area contributed by atoms with Gasteiger partial charge < -0.3 is 19.1 Å². The zero-order chi connectivity index (χ0) is 21.0. The number of likely N-dealkylation sites (tertiary alicyclic amines) is 1. The van der Waals surface area contributed by atoms with Crippen LogP contribution in [0.3, 0.4) is 0 Å². The van der Waals surface area contributed by atoms with Gasteiger partial charge in [-0.15, -0.1) is 0 Å². The van der Waals surface area contributed by atoms with Gasteiger partial charge in [-0.2, -0.15) is 0 Å². The zero-order valence-corrected chi connectivity index (χ0v) is 16.0. The fraction of sp³-hybridized carbons (Fsp3) is 0.286. The third-order valence-corrected chi connectivity index (χ3v) is 4.68. The number of hydrogen-bond donors (Lipinski definition) is 0. The lowest BCUT2D eigenvalue weighted by molar-refractivity contribution is -0.145. The number of amides is 1. The van der Waals surface area contributed by atoms with Gasteiger partial charge in [0.05, 0.1) is 26.3 Å². The van der Waals surface area contributed by atoms with Crippen molar-refractivity contribution in [3.05, 3.63) is 65.5 Å². The van der Waals surface area contributed by atoms with Gasteiger partial charge in [0.1, 0.15) is 12.1 Å². The predicted molar refractivity (Wildman–Crippen MR) is 100 cm³/mol. The van der Waals surface area contributed by atoms with Crippen molar-refractivity contribution in [2.24, 2.45) is 0 Å². The van der Waals surface area contributed by atoms with Gasteiger partial charge in [0.15, 0.2) is 11.6 Å². The minimum atomic E-state index is -0.857. The maximum absolute atomic E-state index is 13.9. The smallest absolute Gasteiger partial charge is 0.337 e. The molecule has 8 heteroatoms. The Bertz CT molecular complexity index is 914. The largest absolute Gasteiger partial charge is 0.485 e. The maximum atomic E-state index is 13.9. The third kappa shape index (κ3) is 4.37. The van der Waals surface area contributed by atoms with Crippen LogP contribution in [0.4, 0.5) is 4.39 Å². The lowest BCUT2D eigenvalue weighted by atomic mass is 10.1. The molecule has 0 radical (unpaired) electrons. The van der Waals surface area contributed by atoms with Crippen LogP contribution in [0.1, 0.15) is 27.1 Å². The molecule has 2 unspecified atom stereocenters. The molecule has 2 atom stereocenters. The lowest BCUT2D eigenvalue weighted by Gasteiger charge is -2.22. The van der Waals surface area contributed by atoms with Crippen LogP contribution in [0.25, 0.3) is 0 Å². The molecule has 0 aliphatic carbocycles. The molecule has 7 nitrogen and oxygen atoms in total. The van der Waals surface area contributed by atoms with Crippen LogP contribution < -0.4 is 4.74 Å². The fourth-order valence-electron chi connectivity index (χ4n) is 3.22. The van der Waals surface area contributed by atoms with Crippen molar-refractivity contribution in [2.45, 2.75) is 18.6 Å². The minimum absolute atomic E-state index is 0.0536. The van der Waals surface area contributed by atoms with E-state index in [1.807, 2.05) is 0 Å². The first-order chi connectivity index (χ1) is 13.9. The van der Waals surface area contributed by atoms with E-state index in [2.05, 4.69) is 4.74 Å². The monoisotopic (exact) mass is 401 g/mol. The number of esters is 2. The Kier molecular flexibility index (Phi) is 6.11. The summed E-state index contributed by atoms with van der Waals surface area (Å²) in [6.07, 6.45) is -0.401. The Morgan fingerprint density at radius 1 is 0.966 bits per heavy atom. The highest BCUT2D eigenvalue weighted by Gasteiger charge is 2.42. The van der Waals surface area contributed by atoms with E-state index in [4.69, 9.17) is 9.47 Å². The van der Waals surface area contributed by atoms with Crippen LogP contribution >= 0.6 is 0 Å². The van der Waals surface area contributed by atoms with Crippen LogP contribution in [0.15, 0.2) is 48.5 Å². The number of para-hydroxylation sites is 1. The number of carbonyl (C=O) groups excluding carboxylic acids is 3. The summed E-state index contributed by atoms with van der Waals surface area (Å²) in [7, 11) is 2.50. The summed E-state index contributed by atoms with van der Waals surface area (Å²) in [4.78, 5) is 38.1. The molecule has 2 aromatic rings. The Hall–Kier alpha value is -3.42. The Balaban J connectivity index is 1.79. The Morgan fingerprint density at radius 3 is 2.24 bits per heavy atom. The molecule has 2 aromatic carbocycles. The van der Waals surface area contributed by atoms with Crippen molar-refractivity contribution >= 4 is 17.8 Å². The third-order valence-electron chi connectivity index (χ3n) is 4.68. The zero-order valence-electron chi connectivity index (χ0n) is 16.0. The van der Waals surface area contributed by atoms with Gasteiger partial charge in [-0.1, -0.05) is 12.1 Å². The number of ether oxygens (including phenoxy) is 3. The SMILES string of the molecule is COC(=O)c1ccc(C(=O)N2CC(Oc3ccccc3F)CC2C(=O)OC)cc1. The van der Waals surface area contributed by atoms with Crippen molar-refractivity contribution in [1.82, 2.24) is 4.90 Å². The number of carbonyl (C=O) groups is 3. The highest BCUT2D eigenvalue weighted by molar-refractivity contribution is 5.98. The molecule has 1 aliphatic heterocycles. The molecule has 29 heavy (non-hydrogen) atoms. The van der Waals surface area contributed by atoms with Gasteiger partial charge in [-0.25, -0.2) is 14.0 Å². The molecule has 1 fully saturated rings. The number of rotatable bonds is 5. The van der Waals surface area contributed by atoms with E-state index in [1.165, 1.54) is 55.5 Å². The van der Waals surface area contributed by atoms with Gasteiger partial charge in [0.25, 0.3) is 5.91 Å². The molecule has 1 heterocycles. The number of hydrogen-bond acceptors (Lipinski definition) is 6. The second-order valence-electron chi connectivity index (χ2n) is 6.47. The topological polar surface area (TPSA) is 82.1 Å². The Morgan fingerprint density at radius 2 is 1.62 bits per heavy atom. The summed E-state index contributed by atoms with van der Waals surface area (Å²) in [5.41, 5.74) is 0.592. The van der Waals surface area contributed by atoms with Crippen molar-refractivity contribution in [3.63, 3.8) is 0 Å². The van der Waals surface area contributed by atoms with Crippen LogP contribution in [0, 0.1) is 5.82 Å². The van der Waals surface area contributed by atoms with Gasteiger partial charge in [0, 0.05) is 12.0 Å². The summed E-state index contributed by atoms with van der Waals surface area (Å²) in [5, 5.41) is 0. The molecule has 3 rings (SSSR count). The van der Waals surface area contributed by atoms with Crippen LogP contribution in [-0.4, -0.2) is 55.7 Å². The molecule has 1 aliphatic rings. The molecule has 1 saturated heterocycles. The van der Waals surface area contributed by atoms with Gasteiger partial charge in [-0.05, 0) is 36.4 Å². The minimum Gasteiger partial charge on any atom is -0.485 e. The quantitative estimate of drug-likeness (QED) is 0.716. The van der Waals surface area contributed by atoms with E-state index in [9.17, 15) is 18.8 Å². The predicted octanol–water partition coefficient (Wildman–Crippen LogP) is 2.45. The lowest BCUT2D eigenvalue weighted by Crippen LogP contribution is -2.41. The molecule has 0 aromatic heterocycles. The summed E-state index contributed by atoms with van der Waals surface area (Å²) in [5.74, 6) is -1.99. The summed E-state index contributed by atoms with van der Waals surface area (Å²) < 4.78 is 29.0. The molecule has 0 saturated carbocycles. The van der Waals surface area contributed by atoms with Crippen LogP contribution in [0.2, 0.25) is 0 Å². The standard InChI is InChI=1S/C21H20FNO6/c1-27-20(25)14-9-7-13(8-10-14)19(24)23-12-15(11-17(23)21(26)28-2)29-18-6-4-3-5-16(18)22/h3-10,15,17H,11-12H2,1-2H3. The average Bonchev–Trinajstić information content (AvgIpc) is 3.17. The van der Waals surface area contributed by atoms with E-state index in [0.29, 0.717) is 5.56 Å². The molecule has 1 amide bonds. The van der Waals surface area contributed by atoms with Gasteiger partial charge >= 0.3 is 11.9 Å². The molecule has 152 valence electrons. The van der Waals surface area contributed by atoms with Crippen molar-refractivity contribution in [2.75, 3.05) is 20.8 Å². The van der Waals surface area contributed by atoms with Crippen molar-refractivity contribution < 1.29 is 33.0 Å². The number of nitrogens with zero attached hydrogens (tertiary/aromatic N) is 1. The number of benzene rings is 2. The van der Waals surface area contributed by atoms with E-state index in [1.54, 1.807) is 12.1 Å². The second kappa shape index (κ2) is 8.72. The highest BCUT2D eigenvalue weighted by atomic mass is 19.1. The second-order valence-corrected chi connectivity index (χ2v) is 6.47. The highest BCUT2D eigenvalue weighted by Crippen LogP contribution is 2.27. The fourth-order valence-corrected chi connectivity index (χ4v) is 3.22. The molecular weight excluding hydrogens is 381 g/mol. The molecule has 0 spiro atoms.